The summed E-state index contributed by atoms with van der Waals surface area (Å²) in [5, 5.41) is 20.3. The number of benzene rings is 1. The topological polar surface area (TPSA) is 107 Å². The number of aromatic nitrogens is 2. The Morgan fingerprint density at radius 3 is 2.81 bits per heavy atom. The SMILES string of the molecule is CC(NC(=O)Nc1cc(F)ccc1C(=O)O)c1cn[nH]c1. The minimum atomic E-state index is -1.26. The van der Waals surface area contributed by atoms with Crippen LogP contribution in [0.5, 0.6) is 0 Å². The Morgan fingerprint density at radius 2 is 2.19 bits per heavy atom. The molecule has 1 unspecified atom stereocenters. The number of rotatable bonds is 4. The third-order valence-corrected chi connectivity index (χ3v) is 2.83. The molecule has 0 spiro atoms. The first-order chi connectivity index (χ1) is 9.97. The van der Waals surface area contributed by atoms with Crippen molar-refractivity contribution in [3.8, 4) is 0 Å². The molecule has 0 fully saturated rings. The third-order valence-electron chi connectivity index (χ3n) is 2.83. The quantitative estimate of drug-likeness (QED) is 0.692. The fourth-order valence-corrected chi connectivity index (χ4v) is 1.74. The predicted octanol–water partition coefficient (Wildman–Crippen LogP) is 2.13. The Balaban J connectivity index is 2.09. The largest absolute Gasteiger partial charge is 0.478 e. The van der Waals surface area contributed by atoms with E-state index in [0.717, 1.165) is 23.8 Å². The van der Waals surface area contributed by atoms with Crippen LogP contribution in [0.3, 0.4) is 0 Å². The van der Waals surface area contributed by atoms with Crippen molar-refractivity contribution in [2.75, 3.05) is 5.32 Å². The van der Waals surface area contributed by atoms with Gasteiger partial charge in [0.25, 0.3) is 0 Å². The number of carboxylic acid groups (broad SMARTS) is 1. The molecule has 4 N–H and O–H groups in total. The standard InChI is InChI=1S/C13H13FN4O3/c1-7(8-5-15-16-6-8)17-13(21)18-11-4-9(14)2-3-10(11)12(19)20/h2-7H,1H3,(H,15,16)(H,19,20)(H2,17,18,21). The normalized spacial score (nSPS) is 11.7. The van der Waals surface area contributed by atoms with Gasteiger partial charge in [0.2, 0.25) is 0 Å². The molecule has 1 heterocycles. The highest BCUT2D eigenvalue weighted by atomic mass is 19.1. The first kappa shape index (κ1) is 14.5. The maximum absolute atomic E-state index is 13.2. The van der Waals surface area contributed by atoms with Gasteiger partial charge in [-0.05, 0) is 25.1 Å². The molecule has 0 aliphatic rings. The van der Waals surface area contributed by atoms with Crippen LogP contribution < -0.4 is 10.6 Å². The predicted molar refractivity (Wildman–Crippen MR) is 72.5 cm³/mol. The molecule has 2 aromatic rings. The summed E-state index contributed by atoms with van der Waals surface area (Å²) >= 11 is 0. The van der Waals surface area contributed by atoms with E-state index in [2.05, 4.69) is 20.8 Å². The van der Waals surface area contributed by atoms with Crippen molar-refractivity contribution >= 4 is 17.7 Å². The summed E-state index contributed by atoms with van der Waals surface area (Å²) < 4.78 is 13.2. The molecule has 2 rings (SSSR count). The number of carboxylic acids is 1. The number of halogens is 1. The highest BCUT2D eigenvalue weighted by molar-refractivity contribution is 6.00. The second kappa shape index (κ2) is 6.04. The smallest absolute Gasteiger partial charge is 0.337 e. The zero-order valence-corrected chi connectivity index (χ0v) is 11.1. The number of carbonyl (C=O) groups is 2. The second-order valence-corrected chi connectivity index (χ2v) is 4.35. The van der Waals surface area contributed by atoms with Crippen molar-refractivity contribution < 1.29 is 19.1 Å². The number of aromatic amines is 1. The molecule has 110 valence electrons. The Bertz CT molecular complexity index is 657. The average Bonchev–Trinajstić information content (AvgIpc) is 2.91. The van der Waals surface area contributed by atoms with E-state index in [9.17, 15) is 14.0 Å². The summed E-state index contributed by atoms with van der Waals surface area (Å²) in [7, 11) is 0. The van der Waals surface area contributed by atoms with Gasteiger partial charge in [-0.2, -0.15) is 5.10 Å². The summed E-state index contributed by atoms with van der Waals surface area (Å²) in [5.74, 6) is -1.90. The Hall–Kier alpha value is -2.90. The van der Waals surface area contributed by atoms with E-state index in [1.165, 1.54) is 0 Å². The fraction of sp³-hybridized carbons (Fsp3) is 0.154. The van der Waals surface area contributed by atoms with Gasteiger partial charge in [-0.1, -0.05) is 0 Å². The van der Waals surface area contributed by atoms with Crippen molar-refractivity contribution in [3.05, 3.63) is 47.5 Å². The number of nitrogens with one attached hydrogen (secondary N) is 3. The van der Waals surface area contributed by atoms with E-state index in [0.29, 0.717) is 0 Å². The number of urea groups is 1. The number of amides is 2. The molecule has 0 radical (unpaired) electrons. The van der Waals surface area contributed by atoms with Crippen LogP contribution in [0.4, 0.5) is 14.9 Å². The minimum Gasteiger partial charge on any atom is -0.478 e. The average molecular weight is 292 g/mol. The molecule has 0 saturated carbocycles. The van der Waals surface area contributed by atoms with Crippen molar-refractivity contribution in [1.29, 1.82) is 0 Å². The van der Waals surface area contributed by atoms with Gasteiger partial charge in [0, 0.05) is 11.8 Å². The van der Waals surface area contributed by atoms with Crippen molar-refractivity contribution in [3.63, 3.8) is 0 Å². The van der Waals surface area contributed by atoms with E-state index in [1.807, 2.05) is 0 Å². The van der Waals surface area contributed by atoms with Crippen LogP contribution in [0.1, 0.15) is 28.9 Å². The van der Waals surface area contributed by atoms with Gasteiger partial charge in [0.15, 0.2) is 0 Å². The number of H-pyrrole nitrogens is 1. The molecule has 0 aliphatic heterocycles. The maximum atomic E-state index is 13.2. The third kappa shape index (κ3) is 3.56. The lowest BCUT2D eigenvalue weighted by Crippen LogP contribution is -2.31. The number of carbonyl (C=O) groups excluding carboxylic acids is 1. The summed E-state index contributed by atoms with van der Waals surface area (Å²) in [5.41, 5.74) is 0.449. The summed E-state index contributed by atoms with van der Waals surface area (Å²) in [6, 6.07) is 2.07. The second-order valence-electron chi connectivity index (χ2n) is 4.35. The lowest BCUT2D eigenvalue weighted by molar-refractivity contribution is 0.0698. The number of nitrogens with zero attached hydrogens (tertiary/aromatic N) is 1. The fourth-order valence-electron chi connectivity index (χ4n) is 1.74. The summed E-state index contributed by atoms with van der Waals surface area (Å²) in [4.78, 5) is 22.9. The Labute approximate surface area is 119 Å². The molecular weight excluding hydrogens is 279 g/mol. The molecule has 2 amide bonds. The van der Waals surface area contributed by atoms with Crippen LogP contribution in [0.2, 0.25) is 0 Å². The van der Waals surface area contributed by atoms with Crippen LogP contribution in [0.25, 0.3) is 0 Å². The van der Waals surface area contributed by atoms with Crippen molar-refractivity contribution in [2.45, 2.75) is 13.0 Å². The molecular formula is C13H13FN4O3. The number of anilines is 1. The number of aromatic carboxylic acids is 1. The molecule has 1 atom stereocenters. The van der Waals surface area contributed by atoms with Gasteiger partial charge in [-0.25, -0.2) is 14.0 Å². The van der Waals surface area contributed by atoms with Crippen molar-refractivity contribution in [2.24, 2.45) is 0 Å². The zero-order chi connectivity index (χ0) is 15.4. The lowest BCUT2D eigenvalue weighted by atomic mass is 10.1. The van der Waals surface area contributed by atoms with Crippen LogP contribution in [-0.2, 0) is 0 Å². The molecule has 1 aromatic heterocycles. The van der Waals surface area contributed by atoms with Crippen LogP contribution in [0.15, 0.2) is 30.6 Å². The van der Waals surface area contributed by atoms with E-state index >= 15 is 0 Å². The first-order valence-electron chi connectivity index (χ1n) is 6.06. The molecule has 1 aromatic carbocycles. The van der Waals surface area contributed by atoms with Gasteiger partial charge in [0.1, 0.15) is 5.82 Å². The number of hydrogen-bond acceptors (Lipinski definition) is 3. The van der Waals surface area contributed by atoms with Crippen LogP contribution in [0, 0.1) is 5.82 Å². The molecule has 0 saturated heterocycles. The van der Waals surface area contributed by atoms with Gasteiger partial charge in [0.05, 0.1) is 23.5 Å². The maximum Gasteiger partial charge on any atom is 0.337 e. The Morgan fingerprint density at radius 1 is 1.43 bits per heavy atom. The summed E-state index contributed by atoms with van der Waals surface area (Å²) in [6.07, 6.45) is 3.17. The molecule has 7 nitrogen and oxygen atoms in total. The Kier molecular flexibility index (Phi) is 4.17. The van der Waals surface area contributed by atoms with E-state index in [-0.39, 0.29) is 17.3 Å². The molecule has 0 aliphatic carbocycles. The van der Waals surface area contributed by atoms with E-state index < -0.39 is 17.8 Å². The van der Waals surface area contributed by atoms with Gasteiger partial charge in [-0.3, -0.25) is 5.10 Å². The number of hydrogen-bond donors (Lipinski definition) is 4. The first-order valence-corrected chi connectivity index (χ1v) is 6.06. The molecule has 21 heavy (non-hydrogen) atoms. The summed E-state index contributed by atoms with van der Waals surface area (Å²) in [6.45, 7) is 1.73. The molecule has 0 bridgehead atoms. The van der Waals surface area contributed by atoms with E-state index in [1.54, 1.807) is 19.3 Å². The van der Waals surface area contributed by atoms with Gasteiger partial charge < -0.3 is 15.7 Å². The minimum absolute atomic E-state index is 0.112. The monoisotopic (exact) mass is 292 g/mol. The van der Waals surface area contributed by atoms with E-state index in [4.69, 9.17) is 5.11 Å². The highest BCUT2D eigenvalue weighted by Crippen LogP contribution is 2.18. The van der Waals surface area contributed by atoms with Gasteiger partial charge >= 0.3 is 12.0 Å². The highest BCUT2D eigenvalue weighted by Gasteiger charge is 2.15. The van der Waals surface area contributed by atoms with Crippen molar-refractivity contribution in [1.82, 2.24) is 15.5 Å². The lowest BCUT2D eigenvalue weighted by Gasteiger charge is -2.14. The molecule has 8 heteroatoms. The zero-order valence-electron chi connectivity index (χ0n) is 11.1. The van der Waals surface area contributed by atoms with Crippen LogP contribution >= 0.6 is 0 Å². The van der Waals surface area contributed by atoms with Crippen LogP contribution in [-0.4, -0.2) is 27.3 Å². The van der Waals surface area contributed by atoms with Gasteiger partial charge in [-0.15, -0.1) is 0 Å².